The summed E-state index contributed by atoms with van der Waals surface area (Å²) in [7, 11) is 0. The Morgan fingerprint density at radius 2 is 1.84 bits per heavy atom. The average Bonchev–Trinajstić information content (AvgIpc) is 3.06. The fourth-order valence-electron chi connectivity index (χ4n) is 3.24. The van der Waals surface area contributed by atoms with E-state index in [0.717, 1.165) is 24.2 Å². The van der Waals surface area contributed by atoms with Crippen molar-refractivity contribution in [3.8, 4) is 11.5 Å². The molecule has 170 valence electrons. The van der Waals surface area contributed by atoms with E-state index >= 15 is 0 Å². The summed E-state index contributed by atoms with van der Waals surface area (Å²) >= 11 is 12.8. The van der Waals surface area contributed by atoms with Crippen molar-refractivity contribution in [3.05, 3.63) is 63.5 Å². The van der Waals surface area contributed by atoms with Gasteiger partial charge in [-0.05, 0) is 61.2 Å². The Bertz CT molecular complexity index is 991. The van der Waals surface area contributed by atoms with Gasteiger partial charge in [-0.15, -0.1) is 0 Å². The molecule has 2 aromatic carbocycles. The van der Waals surface area contributed by atoms with E-state index in [1.807, 2.05) is 25.1 Å². The van der Waals surface area contributed by atoms with Crippen molar-refractivity contribution in [2.75, 3.05) is 19.8 Å². The Labute approximate surface area is 204 Å². The molecular weight excluding hydrogens is 462 g/mol. The molecule has 1 saturated heterocycles. The van der Waals surface area contributed by atoms with Crippen LogP contribution in [-0.4, -0.2) is 34.9 Å². The number of benzene rings is 2. The van der Waals surface area contributed by atoms with Crippen LogP contribution >= 0.6 is 35.6 Å². The standard InChI is InChI=1S/C25H28ClNO3S2/c1-4-17(3)18-7-10-21(11-8-18)29-13-6-14-30-22-12-9-20(26)15-19(22)16-23-24(28)27(5-2)25(31)32-23/h7-12,15-17H,4-6,13-14H2,1-3H3. The topological polar surface area (TPSA) is 38.8 Å². The van der Waals surface area contributed by atoms with E-state index in [2.05, 4.69) is 26.0 Å². The number of halogens is 1. The lowest BCUT2D eigenvalue weighted by molar-refractivity contribution is -0.121. The van der Waals surface area contributed by atoms with E-state index in [4.69, 9.17) is 33.3 Å². The van der Waals surface area contributed by atoms with Gasteiger partial charge in [-0.1, -0.05) is 61.6 Å². The molecule has 1 heterocycles. The molecule has 2 aromatic rings. The minimum absolute atomic E-state index is 0.0822. The van der Waals surface area contributed by atoms with Crippen LogP contribution in [0.1, 0.15) is 50.7 Å². The molecule has 1 aliphatic heterocycles. The molecule has 1 fully saturated rings. The quantitative estimate of drug-likeness (QED) is 0.206. The van der Waals surface area contributed by atoms with Gasteiger partial charge in [-0.3, -0.25) is 9.69 Å². The summed E-state index contributed by atoms with van der Waals surface area (Å²) < 4.78 is 12.4. The van der Waals surface area contributed by atoms with Gasteiger partial charge in [-0.2, -0.15) is 0 Å². The SMILES string of the molecule is CCC(C)c1ccc(OCCCOc2ccc(Cl)cc2C=C2SC(=S)N(CC)C2=O)cc1. The number of rotatable bonds is 10. The van der Waals surface area contributed by atoms with Crippen LogP contribution in [-0.2, 0) is 4.79 Å². The lowest BCUT2D eigenvalue weighted by atomic mass is 9.99. The lowest BCUT2D eigenvalue weighted by Crippen LogP contribution is -2.27. The number of hydrogen-bond acceptors (Lipinski definition) is 5. The van der Waals surface area contributed by atoms with E-state index in [-0.39, 0.29) is 5.91 Å². The summed E-state index contributed by atoms with van der Waals surface area (Å²) in [5.41, 5.74) is 2.09. The Kier molecular flexibility index (Phi) is 9.02. The molecule has 0 saturated carbocycles. The predicted molar refractivity (Wildman–Crippen MR) is 138 cm³/mol. The maximum atomic E-state index is 12.5. The largest absolute Gasteiger partial charge is 0.493 e. The fraction of sp³-hybridized carbons (Fsp3) is 0.360. The first-order chi connectivity index (χ1) is 15.4. The number of nitrogens with zero attached hydrogens (tertiary/aromatic N) is 1. The van der Waals surface area contributed by atoms with Crippen LogP contribution in [0.15, 0.2) is 47.4 Å². The molecule has 0 N–H and O–H groups in total. The number of amides is 1. The monoisotopic (exact) mass is 489 g/mol. The second-order valence-electron chi connectivity index (χ2n) is 7.54. The number of thiocarbonyl (C=S) groups is 1. The van der Waals surface area contributed by atoms with Crippen molar-refractivity contribution < 1.29 is 14.3 Å². The van der Waals surface area contributed by atoms with E-state index < -0.39 is 0 Å². The van der Waals surface area contributed by atoms with Crippen LogP contribution in [0.3, 0.4) is 0 Å². The van der Waals surface area contributed by atoms with Gasteiger partial charge in [0.05, 0.1) is 18.1 Å². The van der Waals surface area contributed by atoms with Gasteiger partial charge in [-0.25, -0.2) is 0 Å². The molecule has 3 rings (SSSR count). The van der Waals surface area contributed by atoms with E-state index in [9.17, 15) is 4.79 Å². The number of likely N-dealkylation sites (N-methyl/N-ethyl adjacent to an activating group) is 1. The number of hydrogen-bond donors (Lipinski definition) is 0. The van der Waals surface area contributed by atoms with Crippen LogP contribution in [0.5, 0.6) is 11.5 Å². The first-order valence-corrected chi connectivity index (χ1v) is 12.4. The number of carbonyl (C=O) groups is 1. The molecule has 1 atom stereocenters. The van der Waals surface area contributed by atoms with Crippen LogP contribution in [0.25, 0.3) is 6.08 Å². The third-order valence-corrected chi connectivity index (χ3v) is 6.94. The highest BCUT2D eigenvalue weighted by Crippen LogP contribution is 2.35. The molecule has 0 aliphatic carbocycles. The minimum Gasteiger partial charge on any atom is -0.493 e. The first-order valence-electron chi connectivity index (χ1n) is 10.8. The van der Waals surface area contributed by atoms with Gasteiger partial charge in [0.25, 0.3) is 5.91 Å². The molecule has 7 heteroatoms. The molecule has 1 unspecified atom stereocenters. The third-order valence-electron chi connectivity index (χ3n) is 5.32. The highest BCUT2D eigenvalue weighted by Gasteiger charge is 2.30. The highest BCUT2D eigenvalue weighted by atomic mass is 35.5. The maximum absolute atomic E-state index is 12.5. The highest BCUT2D eigenvalue weighted by molar-refractivity contribution is 8.26. The second-order valence-corrected chi connectivity index (χ2v) is 9.65. The van der Waals surface area contributed by atoms with Crippen molar-refractivity contribution in [2.24, 2.45) is 0 Å². The van der Waals surface area contributed by atoms with Crippen molar-refractivity contribution >= 4 is 51.9 Å². The Morgan fingerprint density at radius 3 is 2.50 bits per heavy atom. The summed E-state index contributed by atoms with van der Waals surface area (Å²) in [5, 5.41) is 0.582. The third kappa shape index (κ3) is 6.27. The predicted octanol–water partition coefficient (Wildman–Crippen LogP) is 6.92. The Hall–Kier alpha value is -2.02. The van der Waals surface area contributed by atoms with E-state index in [1.54, 1.807) is 23.1 Å². The van der Waals surface area contributed by atoms with E-state index in [1.165, 1.54) is 17.3 Å². The summed E-state index contributed by atoms with van der Waals surface area (Å²) in [6, 6.07) is 13.7. The zero-order valence-electron chi connectivity index (χ0n) is 18.6. The molecule has 0 bridgehead atoms. The van der Waals surface area contributed by atoms with Crippen molar-refractivity contribution in [1.82, 2.24) is 4.90 Å². The van der Waals surface area contributed by atoms with Crippen molar-refractivity contribution in [1.29, 1.82) is 0 Å². The van der Waals surface area contributed by atoms with Gasteiger partial charge in [0.15, 0.2) is 0 Å². The van der Waals surface area contributed by atoms with E-state index in [0.29, 0.717) is 45.7 Å². The van der Waals surface area contributed by atoms with Crippen LogP contribution in [0.4, 0.5) is 0 Å². The zero-order valence-corrected chi connectivity index (χ0v) is 21.0. The van der Waals surface area contributed by atoms with Crippen LogP contribution in [0.2, 0.25) is 5.02 Å². The van der Waals surface area contributed by atoms with Gasteiger partial charge in [0.1, 0.15) is 15.8 Å². The zero-order chi connectivity index (χ0) is 23.1. The fourth-order valence-corrected chi connectivity index (χ4v) is 4.79. The summed E-state index contributed by atoms with van der Waals surface area (Å²) in [4.78, 5) is 14.7. The number of thioether (sulfide) groups is 1. The maximum Gasteiger partial charge on any atom is 0.266 e. The number of ether oxygens (including phenoxy) is 2. The molecule has 0 radical (unpaired) electrons. The average molecular weight is 490 g/mol. The number of carbonyl (C=O) groups excluding carboxylic acids is 1. The van der Waals surface area contributed by atoms with Crippen molar-refractivity contribution in [3.63, 3.8) is 0 Å². The van der Waals surface area contributed by atoms with Crippen LogP contribution in [0, 0.1) is 0 Å². The van der Waals surface area contributed by atoms with Gasteiger partial charge in [0.2, 0.25) is 0 Å². The molecule has 1 aliphatic rings. The molecule has 1 amide bonds. The Balaban J connectivity index is 1.55. The lowest BCUT2D eigenvalue weighted by Gasteiger charge is -2.12. The molecule has 0 spiro atoms. The molecule has 32 heavy (non-hydrogen) atoms. The smallest absolute Gasteiger partial charge is 0.266 e. The van der Waals surface area contributed by atoms with Gasteiger partial charge < -0.3 is 9.47 Å². The minimum atomic E-state index is -0.0822. The molecule has 0 aromatic heterocycles. The summed E-state index contributed by atoms with van der Waals surface area (Å²) in [5.74, 6) is 2.01. The van der Waals surface area contributed by atoms with Crippen molar-refractivity contribution in [2.45, 2.75) is 39.5 Å². The molecule has 4 nitrogen and oxygen atoms in total. The molecular formula is C25H28ClNO3S2. The normalized spacial score (nSPS) is 16.0. The summed E-state index contributed by atoms with van der Waals surface area (Å²) in [6.45, 7) is 7.93. The second kappa shape index (κ2) is 11.7. The Morgan fingerprint density at radius 1 is 1.12 bits per heavy atom. The summed E-state index contributed by atoms with van der Waals surface area (Å²) in [6.07, 6.45) is 3.65. The van der Waals surface area contributed by atoms with Crippen LogP contribution < -0.4 is 9.47 Å². The van der Waals surface area contributed by atoms with Gasteiger partial charge >= 0.3 is 0 Å². The van der Waals surface area contributed by atoms with Gasteiger partial charge in [0, 0.05) is 23.6 Å². The first kappa shape index (κ1) is 24.6.